The van der Waals surface area contributed by atoms with Gasteiger partial charge in [-0.2, -0.15) is 10.2 Å². The van der Waals surface area contributed by atoms with Gasteiger partial charge in [0.15, 0.2) is 0 Å². The summed E-state index contributed by atoms with van der Waals surface area (Å²) < 4.78 is 1.84. The Morgan fingerprint density at radius 1 is 1.42 bits per heavy atom. The number of aliphatic hydroxyl groups is 1. The van der Waals surface area contributed by atoms with Gasteiger partial charge >= 0.3 is 0 Å². The predicted octanol–water partition coefficient (Wildman–Crippen LogP) is -0.914. The topological polar surface area (TPSA) is 103 Å². The quantitative estimate of drug-likeness (QED) is 0.742. The molecular weight excluding hydrogens is 312 g/mol. The number of hydrazone groups is 1. The van der Waals surface area contributed by atoms with Crippen LogP contribution >= 0.6 is 0 Å². The van der Waals surface area contributed by atoms with E-state index in [0.717, 1.165) is 5.69 Å². The van der Waals surface area contributed by atoms with E-state index in [0.29, 0.717) is 44.0 Å². The molecule has 0 saturated carbocycles. The molecule has 2 amide bonds. The zero-order valence-corrected chi connectivity index (χ0v) is 13.9. The molecule has 2 aliphatic heterocycles. The molecule has 0 radical (unpaired) electrons. The van der Waals surface area contributed by atoms with Crippen LogP contribution in [-0.2, 0) is 22.7 Å². The number of likely N-dealkylation sites (N-methyl/N-ethyl adjacent to an activating group) is 1. The summed E-state index contributed by atoms with van der Waals surface area (Å²) in [4.78, 5) is 27.2. The van der Waals surface area contributed by atoms with Crippen LogP contribution < -0.4 is 5.43 Å². The van der Waals surface area contributed by atoms with Crippen molar-refractivity contribution in [3.8, 4) is 0 Å². The number of aliphatic hydroxyl groups excluding tert-OH is 1. The van der Waals surface area contributed by atoms with Crippen molar-refractivity contribution in [1.82, 2.24) is 25.0 Å². The molecule has 2 aliphatic rings. The van der Waals surface area contributed by atoms with E-state index < -0.39 is 6.10 Å². The minimum atomic E-state index is -0.653. The number of fused-ring (bicyclic) bond motifs is 1. The first-order valence-electron chi connectivity index (χ1n) is 7.98. The van der Waals surface area contributed by atoms with Crippen LogP contribution in [0.15, 0.2) is 11.2 Å². The van der Waals surface area contributed by atoms with Gasteiger partial charge in [-0.15, -0.1) is 0 Å². The number of hydrogen-bond donors (Lipinski definition) is 2. The molecule has 1 aromatic rings. The second kappa shape index (κ2) is 6.70. The fraction of sp³-hybridized carbons (Fsp3) is 0.600. The lowest BCUT2D eigenvalue weighted by Gasteiger charge is -2.28. The van der Waals surface area contributed by atoms with E-state index in [1.165, 1.54) is 0 Å². The van der Waals surface area contributed by atoms with Crippen LogP contribution in [0.2, 0.25) is 0 Å². The first-order valence-corrected chi connectivity index (χ1v) is 7.98. The molecule has 130 valence electrons. The average Bonchev–Trinajstić information content (AvgIpc) is 2.97. The summed E-state index contributed by atoms with van der Waals surface area (Å²) in [5, 5.41) is 18.5. The Labute approximate surface area is 139 Å². The van der Waals surface area contributed by atoms with Crippen molar-refractivity contribution in [2.24, 2.45) is 5.10 Å². The zero-order chi connectivity index (χ0) is 17.3. The maximum atomic E-state index is 12.5. The number of nitrogens with one attached hydrogen (secondary N) is 1. The zero-order valence-electron chi connectivity index (χ0n) is 13.9. The Hall–Kier alpha value is -2.26. The van der Waals surface area contributed by atoms with Gasteiger partial charge in [0.2, 0.25) is 5.91 Å². The molecule has 0 aromatic carbocycles. The van der Waals surface area contributed by atoms with E-state index in [4.69, 9.17) is 0 Å². The van der Waals surface area contributed by atoms with Gasteiger partial charge in [-0.25, -0.2) is 5.43 Å². The van der Waals surface area contributed by atoms with Gasteiger partial charge in [-0.3, -0.25) is 14.3 Å². The van der Waals surface area contributed by atoms with E-state index in [-0.39, 0.29) is 18.2 Å². The summed E-state index contributed by atoms with van der Waals surface area (Å²) >= 11 is 0. The molecule has 9 nitrogen and oxygen atoms in total. The van der Waals surface area contributed by atoms with E-state index in [1.807, 2.05) is 29.7 Å². The van der Waals surface area contributed by atoms with E-state index >= 15 is 0 Å². The second-order valence-electron chi connectivity index (χ2n) is 6.38. The predicted molar refractivity (Wildman–Crippen MR) is 86.0 cm³/mol. The van der Waals surface area contributed by atoms with Gasteiger partial charge in [-0.05, 0) is 20.2 Å². The first-order chi connectivity index (χ1) is 11.4. The normalized spacial score (nSPS) is 18.9. The second-order valence-corrected chi connectivity index (χ2v) is 6.38. The summed E-state index contributed by atoms with van der Waals surface area (Å²) in [6.07, 6.45) is 0.00458. The Bertz CT molecular complexity index is 681. The highest BCUT2D eigenvalue weighted by atomic mass is 16.3. The molecule has 0 bridgehead atoms. The fourth-order valence-corrected chi connectivity index (χ4v) is 2.88. The van der Waals surface area contributed by atoms with Crippen LogP contribution in [0, 0.1) is 0 Å². The monoisotopic (exact) mass is 334 g/mol. The Balaban J connectivity index is 1.69. The number of hydrogen-bond acceptors (Lipinski definition) is 6. The number of carbonyl (C=O) groups is 2. The fourth-order valence-electron chi connectivity index (χ4n) is 2.88. The lowest BCUT2D eigenvalue weighted by atomic mass is 10.1. The van der Waals surface area contributed by atoms with E-state index in [2.05, 4.69) is 15.6 Å². The van der Waals surface area contributed by atoms with Gasteiger partial charge in [0.25, 0.3) is 5.91 Å². The molecule has 3 heterocycles. The Morgan fingerprint density at radius 3 is 2.88 bits per heavy atom. The third-order valence-corrected chi connectivity index (χ3v) is 4.13. The van der Waals surface area contributed by atoms with E-state index in [9.17, 15) is 14.7 Å². The van der Waals surface area contributed by atoms with Crippen molar-refractivity contribution in [3.05, 3.63) is 17.5 Å². The highest BCUT2D eigenvalue weighted by Gasteiger charge is 2.28. The minimum absolute atomic E-state index is 0.155. The molecule has 9 heteroatoms. The molecule has 24 heavy (non-hydrogen) atoms. The van der Waals surface area contributed by atoms with Gasteiger partial charge in [0.1, 0.15) is 11.8 Å². The van der Waals surface area contributed by atoms with E-state index in [1.54, 1.807) is 4.90 Å². The number of carbonyl (C=O) groups excluding carboxylic acids is 2. The molecule has 0 spiro atoms. The van der Waals surface area contributed by atoms with Crippen molar-refractivity contribution >= 4 is 17.5 Å². The molecule has 2 N–H and O–H groups in total. The summed E-state index contributed by atoms with van der Waals surface area (Å²) in [5.74, 6) is -0.319. The smallest absolute Gasteiger partial charge is 0.270 e. The third-order valence-electron chi connectivity index (χ3n) is 4.13. The van der Waals surface area contributed by atoms with Crippen LogP contribution in [0.3, 0.4) is 0 Å². The molecule has 0 saturated heterocycles. The highest BCUT2D eigenvalue weighted by Crippen LogP contribution is 2.19. The maximum Gasteiger partial charge on any atom is 0.270 e. The number of rotatable bonds is 4. The summed E-state index contributed by atoms with van der Waals surface area (Å²) in [5.41, 5.74) is 4.25. The van der Waals surface area contributed by atoms with Gasteiger partial charge in [0, 0.05) is 25.9 Å². The molecule has 0 fully saturated rings. The molecule has 0 unspecified atom stereocenters. The Morgan fingerprint density at radius 2 is 2.21 bits per heavy atom. The van der Waals surface area contributed by atoms with Crippen molar-refractivity contribution in [1.29, 1.82) is 0 Å². The van der Waals surface area contributed by atoms with Crippen LogP contribution in [0.1, 0.15) is 30.3 Å². The number of amides is 2. The summed E-state index contributed by atoms with van der Waals surface area (Å²) in [6, 6.07) is 1.85. The Kier molecular flexibility index (Phi) is 4.63. The molecule has 1 atom stereocenters. The van der Waals surface area contributed by atoms with Crippen molar-refractivity contribution in [3.63, 3.8) is 0 Å². The number of aromatic nitrogens is 2. The van der Waals surface area contributed by atoms with Crippen LogP contribution in [0.5, 0.6) is 0 Å². The average molecular weight is 334 g/mol. The van der Waals surface area contributed by atoms with Crippen LogP contribution in [0.4, 0.5) is 0 Å². The lowest BCUT2D eigenvalue weighted by molar-refractivity contribution is -0.126. The minimum Gasteiger partial charge on any atom is -0.385 e. The van der Waals surface area contributed by atoms with Gasteiger partial charge < -0.3 is 14.9 Å². The SMILES string of the molecule is CN(C)C[C@H](O)c1cc2n(n1)CCN(C(=O)C1=NNC(=O)CC1)C2. The standard InChI is InChI=1S/C15H22N6O3/c1-19(2)9-13(22)12-7-10-8-20(5-6-21(10)18-12)15(24)11-3-4-14(23)17-16-11/h7,13,22H,3-6,8-9H2,1-2H3,(H,17,23)/t13-/m0/s1. The van der Waals surface area contributed by atoms with Crippen LogP contribution in [0.25, 0.3) is 0 Å². The molecule has 0 aliphatic carbocycles. The largest absolute Gasteiger partial charge is 0.385 e. The molecule has 3 rings (SSSR count). The van der Waals surface area contributed by atoms with Crippen molar-refractivity contribution in [2.45, 2.75) is 32.0 Å². The summed E-state index contributed by atoms with van der Waals surface area (Å²) in [7, 11) is 3.78. The first kappa shape index (κ1) is 16.6. The molecule has 1 aromatic heterocycles. The van der Waals surface area contributed by atoms with Crippen molar-refractivity contribution < 1.29 is 14.7 Å². The maximum absolute atomic E-state index is 12.5. The van der Waals surface area contributed by atoms with Gasteiger partial charge in [0.05, 0.1) is 24.5 Å². The lowest BCUT2D eigenvalue weighted by Crippen LogP contribution is -2.44. The molecular formula is C15H22N6O3. The highest BCUT2D eigenvalue weighted by molar-refractivity contribution is 6.39. The van der Waals surface area contributed by atoms with Crippen molar-refractivity contribution in [2.75, 3.05) is 27.2 Å². The van der Waals surface area contributed by atoms with Crippen LogP contribution in [-0.4, -0.2) is 69.4 Å². The third kappa shape index (κ3) is 3.46. The summed E-state index contributed by atoms with van der Waals surface area (Å²) in [6.45, 7) is 2.03. The van der Waals surface area contributed by atoms with Gasteiger partial charge in [-0.1, -0.05) is 0 Å². The number of nitrogens with zero attached hydrogens (tertiary/aromatic N) is 5.